The summed E-state index contributed by atoms with van der Waals surface area (Å²) in [4.78, 5) is 2.52. The van der Waals surface area contributed by atoms with Crippen molar-refractivity contribution in [2.24, 2.45) is 0 Å². The summed E-state index contributed by atoms with van der Waals surface area (Å²) in [5.41, 5.74) is 4.14. The summed E-state index contributed by atoms with van der Waals surface area (Å²) < 4.78 is 5.79. The van der Waals surface area contributed by atoms with Gasteiger partial charge in [-0.1, -0.05) is 13.0 Å². The Balaban J connectivity index is 1.87. The van der Waals surface area contributed by atoms with Crippen LogP contribution < -0.4 is 10.2 Å². The first-order chi connectivity index (χ1) is 9.28. The van der Waals surface area contributed by atoms with Gasteiger partial charge in [0.1, 0.15) is 0 Å². The van der Waals surface area contributed by atoms with E-state index in [4.69, 9.17) is 4.74 Å². The SMILES string of the molecule is CCC1COC(C)CN1c1ccc2c(c1)NCCC2. The zero-order valence-electron chi connectivity index (χ0n) is 12.0. The molecular formula is C16H24N2O. The number of hydrogen-bond acceptors (Lipinski definition) is 3. The molecule has 1 fully saturated rings. The number of rotatable bonds is 2. The lowest BCUT2D eigenvalue weighted by atomic mass is 10.0. The van der Waals surface area contributed by atoms with Gasteiger partial charge < -0.3 is 15.0 Å². The predicted molar refractivity (Wildman–Crippen MR) is 80.1 cm³/mol. The lowest BCUT2D eigenvalue weighted by Gasteiger charge is -2.40. The maximum atomic E-state index is 5.79. The lowest BCUT2D eigenvalue weighted by Crippen LogP contribution is -2.48. The van der Waals surface area contributed by atoms with E-state index in [1.807, 2.05) is 0 Å². The van der Waals surface area contributed by atoms with Crippen molar-refractivity contribution in [3.63, 3.8) is 0 Å². The van der Waals surface area contributed by atoms with Crippen molar-refractivity contribution in [3.05, 3.63) is 23.8 Å². The predicted octanol–water partition coefficient (Wildman–Crippen LogP) is 3.05. The van der Waals surface area contributed by atoms with Gasteiger partial charge in [0.2, 0.25) is 0 Å². The molecule has 0 radical (unpaired) electrons. The van der Waals surface area contributed by atoms with Gasteiger partial charge in [0.05, 0.1) is 18.8 Å². The van der Waals surface area contributed by atoms with Crippen LogP contribution in [0.25, 0.3) is 0 Å². The van der Waals surface area contributed by atoms with Crippen LogP contribution in [0.15, 0.2) is 18.2 Å². The molecule has 104 valence electrons. The second kappa shape index (κ2) is 5.41. The van der Waals surface area contributed by atoms with E-state index in [0.717, 1.165) is 26.1 Å². The summed E-state index contributed by atoms with van der Waals surface area (Å²) >= 11 is 0. The molecule has 1 saturated heterocycles. The molecule has 0 saturated carbocycles. The van der Waals surface area contributed by atoms with Crippen molar-refractivity contribution in [1.29, 1.82) is 0 Å². The van der Waals surface area contributed by atoms with Gasteiger partial charge in [0.25, 0.3) is 0 Å². The molecule has 3 heteroatoms. The molecule has 2 unspecified atom stereocenters. The topological polar surface area (TPSA) is 24.5 Å². The summed E-state index contributed by atoms with van der Waals surface area (Å²) in [5.74, 6) is 0. The van der Waals surface area contributed by atoms with Crippen LogP contribution in [0.5, 0.6) is 0 Å². The van der Waals surface area contributed by atoms with Gasteiger partial charge in [0.15, 0.2) is 0 Å². The third-order valence-electron chi connectivity index (χ3n) is 4.30. The van der Waals surface area contributed by atoms with E-state index in [1.54, 1.807) is 0 Å². The number of ether oxygens (including phenoxy) is 1. The van der Waals surface area contributed by atoms with E-state index in [1.165, 1.54) is 29.8 Å². The average molecular weight is 260 g/mol. The van der Waals surface area contributed by atoms with E-state index in [2.05, 4.69) is 42.3 Å². The van der Waals surface area contributed by atoms with Crippen LogP contribution in [-0.2, 0) is 11.2 Å². The molecule has 2 aliphatic rings. The first-order valence-electron chi connectivity index (χ1n) is 7.53. The molecule has 1 aromatic rings. The Morgan fingerprint density at radius 2 is 2.32 bits per heavy atom. The van der Waals surface area contributed by atoms with Crippen molar-refractivity contribution in [2.75, 3.05) is 29.9 Å². The minimum atomic E-state index is 0.326. The number of aryl methyl sites for hydroxylation is 1. The number of anilines is 2. The van der Waals surface area contributed by atoms with Crippen LogP contribution in [0.1, 0.15) is 32.3 Å². The van der Waals surface area contributed by atoms with Gasteiger partial charge in [0, 0.05) is 24.5 Å². The maximum Gasteiger partial charge on any atom is 0.0723 e. The third-order valence-corrected chi connectivity index (χ3v) is 4.30. The highest BCUT2D eigenvalue weighted by Gasteiger charge is 2.26. The molecule has 2 aliphatic heterocycles. The minimum absolute atomic E-state index is 0.326. The molecule has 3 rings (SSSR count). The van der Waals surface area contributed by atoms with Gasteiger partial charge in [-0.15, -0.1) is 0 Å². The molecule has 0 aliphatic carbocycles. The summed E-state index contributed by atoms with van der Waals surface area (Å²) in [7, 11) is 0. The molecule has 0 aromatic heterocycles. The Hall–Kier alpha value is -1.22. The second-order valence-electron chi connectivity index (χ2n) is 5.73. The van der Waals surface area contributed by atoms with Crippen molar-refractivity contribution < 1.29 is 4.74 Å². The van der Waals surface area contributed by atoms with E-state index in [9.17, 15) is 0 Å². The third kappa shape index (κ3) is 2.57. The molecular weight excluding hydrogens is 236 g/mol. The first kappa shape index (κ1) is 12.8. The van der Waals surface area contributed by atoms with E-state index >= 15 is 0 Å². The van der Waals surface area contributed by atoms with Crippen LogP contribution in [0.4, 0.5) is 11.4 Å². The number of benzene rings is 1. The van der Waals surface area contributed by atoms with Gasteiger partial charge in [-0.3, -0.25) is 0 Å². The summed E-state index contributed by atoms with van der Waals surface area (Å²) in [6, 6.07) is 7.42. The zero-order valence-corrected chi connectivity index (χ0v) is 12.0. The molecule has 0 spiro atoms. The van der Waals surface area contributed by atoms with Crippen LogP contribution in [0.2, 0.25) is 0 Å². The van der Waals surface area contributed by atoms with Gasteiger partial charge in [-0.05, 0) is 43.9 Å². The van der Waals surface area contributed by atoms with Crippen LogP contribution in [0, 0.1) is 0 Å². The number of nitrogens with zero attached hydrogens (tertiary/aromatic N) is 1. The summed E-state index contributed by atoms with van der Waals surface area (Å²) in [5, 5.41) is 3.53. The van der Waals surface area contributed by atoms with Crippen molar-refractivity contribution in [3.8, 4) is 0 Å². The van der Waals surface area contributed by atoms with E-state index < -0.39 is 0 Å². The van der Waals surface area contributed by atoms with E-state index in [0.29, 0.717) is 12.1 Å². The second-order valence-corrected chi connectivity index (χ2v) is 5.73. The van der Waals surface area contributed by atoms with Crippen LogP contribution >= 0.6 is 0 Å². The molecule has 0 bridgehead atoms. The maximum absolute atomic E-state index is 5.79. The lowest BCUT2D eigenvalue weighted by molar-refractivity contribution is 0.0299. The smallest absolute Gasteiger partial charge is 0.0723 e. The Bertz CT molecular complexity index is 446. The van der Waals surface area contributed by atoms with Crippen molar-refractivity contribution in [2.45, 2.75) is 45.3 Å². The number of fused-ring (bicyclic) bond motifs is 1. The highest BCUT2D eigenvalue weighted by atomic mass is 16.5. The quantitative estimate of drug-likeness (QED) is 0.884. The molecule has 1 N–H and O–H groups in total. The Morgan fingerprint density at radius 3 is 3.16 bits per heavy atom. The molecule has 0 amide bonds. The summed E-state index contributed by atoms with van der Waals surface area (Å²) in [6.07, 6.45) is 3.92. The standard InChI is InChI=1S/C16H24N2O/c1-3-14-11-19-12(2)10-18(14)15-7-6-13-5-4-8-17-16(13)9-15/h6-7,9,12,14,17H,3-5,8,10-11H2,1-2H3. The van der Waals surface area contributed by atoms with Gasteiger partial charge in [-0.25, -0.2) is 0 Å². The molecule has 19 heavy (non-hydrogen) atoms. The van der Waals surface area contributed by atoms with Crippen molar-refractivity contribution >= 4 is 11.4 Å². The summed E-state index contributed by atoms with van der Waals surface area (Å²) in [6.45, 7) is 7.36. The zero-order chi connectivity index (χ0) is 13.2. The fourth-order valence-corrected chi connectivity index (χ4v) is 3.13. The largest absolute Gasteiger partial charge is 0.385 e. The molecule has 3 nitrogen and oxygen atoms in total. The highest BCUT2D eigenvalue weighted by molar-refractivity contribution is 5.64. The van der Waals surface area contributed by atoms with Crippen LogP contribution in [-0.4, -0.2) is 31.8 Å². The molecule has 2 heterocycles. The Morgan fingerprint density at radius 1 is 1.42 bits per heavy atom. The molecule has 2 atom stereocenters. The molecule has 1 aromatic carbocycles. The highest BCUT2D eigenvalue weighted by Crippen LogP contribution is 2.30. The fraction of sp³-hybridized carbons (Fsp3) is 0.625. The van der Waals surface area contributed by atoms with E-state index in [-0.39, 0.29) is 0 Å². The fourth-order valence-electron chi connectivity index (χ4n) is 3.13. The van der Waals surface area contributed by atoms with Crippen LogP contribution in [0.3, 0.4) is 0 Å². The van der Waals surface area contributed by atoms with Crippen molar-refractivity contribution in [1.82, 2.24) is 0 Å². The Labute approximate surface area is 115 Å². The van der Waals surface area contributed by atoms with Gasteiger partial charge >= 0.3 is 0 Å². The number of hydrogen-bond donors (Lipinski definition) is 1. The Kier molecular flexibility index (Phi) is 3.65. The van der Waals surface area contributed by atoms with Gasteiger partial charge in [-0.2, -0.15) is 0 Å². The average Bonchev–Trinajstić information content (AvgIpc) is 2.46. The number of nitrogens with one attached hydrogen (secondary N) is 1. The normalized spacial score (nSPS) is 26.7. The minimum Gasteiger partial charge on any atom is -0.385 e. The monoisotopic (exact) mass is 260 g/mol. The number of morpholine rings is 1. The first-order valence-corrected chi connectivity index (χ1v) is 7.53.